The number of benzene rings is 2. The molecule has 1 heterocycles. The fraction of sp³-hybridized carbons (Fsp3) is 0.316. The van der Waals surface area contributed by atoms with Gasteiger partial charge in [-0.2, -0.15) is 8.42 Å². The topological polar surface area (TPSA) is 63.7 Å². The number of nitrogens with zero attached hydrogens (tertiary/aromatic N) is 1. The number of amides is 1. The van der Waals surface area contributed by atoms with E-state index in [4.69, 9.17) is 4.18 Å². The third kappa shape index (κ3) is 3.54. The van der Waals surface area contributed by atoms with Crippen molar-refractivity contribution < 1.29 is 17.4 Å². The van der Waals surface area contributed by atoms with Crippen LogP contribution < -0.4 is 9.08 Å². The zero-order chi connectivity index (χ0) is 18.2. The van der Waals surface area contributed by atoms with Crippen molar-refractivity contribution >= 4 is 21.7 Å². The second-order valence-electron chi connectivity index (χ2n) is 6.47. The Bertz CT molecular complexity index is 902. The summed E-state index contributed by atoms with van der Waals surface area (Å²) in [6.07, 6.45) is 0.640. The highest BCUT2D eigenvalue weighted by Crippen LogP contribution is 2.31. The molecule has 0 unspecified atom stereocenters. The fourth-order valence-corrected chi connectivity index (χ4v) is 3.93. The van der Waals surface area contributed by atoms with Gasteiger partial charge in [0.25, 0.3) is 0 Å². The summed E-state index contributed by atoms with van der Waals surface area (Å²) in [5.41, 5.74) is 2.73. The van der Waals surface area contributed by atoms with Crippen LogP contribution in [0.15, 0.2) is 47.4 Å². The SMILES string of the molecule is CC(=O)N1CCc2cc(S(=O)(=O)Oc3ccc(C(C)C)cc3)ccc21. The van der Waals surface area contributed by atoms with Crippen LogP contribution in [0.1, 0.15) is 37.8 Å². The Balaban J connectivity index is 1.84. The van der Waals surface area contributed by atoms with Gasteiger partial charge in [-0.15, -0.1) is 0 Å². The second-order valence-corrected chi connectivity index (χ2v) is 8.02. The maximum absolute atomic E-state index is 12.5. The summed E-state index contributed by atoms with van der Waals surface area (Å²) in [5.74, 6) is 0.609. The van der Waals surface area contributed by atoms with E-state index in [2.05, 4.69) is 13.8 Å². The molecule has 0 aromatic heterocycles. The van der Waals surface area contributed by atoms with Crippen molar-refractivity contribution in [1.82, 2.24) is 0 Å². The molecule has 1 amide bonds. The molecule has 0 bridgehead atoms. The van der Waals surface area contributed by atoms with E-state index in [9.17, 15) is 13.2 Å². The second kappa shape index (κ2) is 6.52. The molecule has 0 N–H and O–H groups in total. The van der Waals surface area contributed by atoms with Crippen LogP contribution in [0.4, 0.5) is 5.69 Å². The normalized spacial score (nSPS) is 13.8. The summed E-state index contributed by atoms with van der Waals surface area (Å²) in [7, 11) is -3.91. The molecule has 5 nitrogen and oxygen atoms in total. The Morgan fingerprint density at radius 1 is 1.12 bits per heavy atom. The van der Waals surface area contributed by atoms with E-state index in [1.165, 1.54) is 13.0 Å². The van der Waals surface area contributed by atoms with Crippen molar-refractivity contribution in [1.29, 1.82) is 0 Å². The van der Waals surface area contributed by atoms with Gasteiger partial charge in [-0.1, -0.05) is 26.0 Å². The number of anilines is 1. The van der Waals surface area contributed by atoms with Crippen LogP contribution in [0.3, 0.4) is 0 Å². The molecule has 0 spiro atoms. The minimum Gasteiger partial charge on any atom is -0.379 e. The number of hydrogen-bond acceptors (Lipinski definition) is 4. The minimum atomic E-state index is -3.91. The van der Waals surface area contributed by atoms with E-state index in [0.717, 1.165) is 16.8 Å². The van der Waals surface area contributed by atoms with Gasteiger partial charge in [-0.3, -0.25) is 4.79 Å². The molecule has 0 radical (unpaired) electrons. The summed E-state index contributed by atoms with van der Waals surface area (Å²) < 4.78 is 30.3. The highest BCUT2D eigenvalue weighted by molar-refractivity contribution is 7.87. The van der Waals surface area contributed by atoms with Gasteiger partial charge in [0, 0.05) is 19.2 Å². The van der Waals surface area contributed by atoms with E-state index < -0.39 is 10.1 Å². The van der Waals surface area contributed by atoms with Gasteiger partial charge >= 0.3 is 10.1 Å². The average Bonchev–Trinajstić information content (AvgIpc) is 2.98. The van der Waals surface area contributed by atoms with Gasteiger partial charge in [0.1, 0.15) is 10.6 Å². The van der Waals surface area contributed by atoms with Gasteiger partial charge in [0.15, 0.2) is 0 Å². The first-order valence-corrected chi connectivity index (χ1v) is 9.64. The number of carbonyl (C=O) groups excluding carboxylic acids is 1. The summed E-state index contributed by atoms with van der Waals surface area (Å²) in [4.78, 5) is 13.3. The molecular weight excluding hydrogens is 338 g/mol. The van der Waals surface area contributed by atoms with Gasteiger partial charge < -0.3 is 9.08 Å². The maximum Gasteiger partial charge on any atom is 0.339 e. The molecule has 0 saturated heterocycles. The number of carbonyl (C=O) groups is 1. The van der Waals surface area contributed by atoms with Crippen LogP contribution in [-0.4, -0.2) is 20.9 Å². The minimum absolute atomic E-state index is 0.0455. The lowest BCUT2D eigenvalue weighted by Gasteiger charge is -2.15. The van der Waals surface area contributed by atoms with Crippen LogP contribution in [0.5, 0.6) is 5.75 Å². The quantitative estimate of drug-likeness (QED) is 0.784. The number of rotatable bonds is 4. The van der Waals surface area contributed by atoms with Crippen LogP contribution >= 0.6 is 0 Å². The highest BCUT2D eigenvalue weighted by Gasteiger charge is 2.25. The Labute approximate surface area is 148 Å². The van der Waals surface area contributed by atoms with Gasteiger partial charge in [-0.05, 0) is 53.8 Å². The first-order chi connectivity index (χ1) is 11.8. The molecule has 3 rings (SSSR count). The van der Waals surface area contributed by atoms with Gasteiger partial charge in [0.05, 0.1) is 0 Å². The van der Waals surface area contributed by atoms with Crippen LogP contribution in [0.25, 0.3) is 0 Å². The molecule has 1 aliphatic rings. The summed E-state index contributed by atoms with van der Waals surface area (Å²) in [6.45, 7) is 6.22. The molecule has 0 aliphatic carbocycles. The van der Waals surface area contributed by atoms with Crippen molar-refractivity contribution in [3.8, 4) is 5.75 Å². The van der Waals surface area contributed by atoms with Crippen molar-refractivity contribution in [3.05, 3.63) is 53.6 Å². The van der Waals surface area contributed by atoms with Crippen LogP contribution in [-0.2, 0) is 21.3 Å². The zero-order valence-electron chi connectivity index (χ0n) is 14.5. The third-order valence-electron chi connectivity index (χ3n) is 4.37. The lowest BCUT2D eigenvalue weighted by molar-refractivity contribution is -0.116. The number of fused-ring (bicyclic) bond motifs is 1. The van der Waals surface area contributed by atoms with Gasteiger partial charge in [-0.25, -0.2) is 0 Å². The monoisotopic (exact) mass is 359 g/mol. The Kier molecular flexibility index (Phi) is 4.56. The van der Waals surface area contributed by atoms with Crippen molar-refractivity contribution in [2.24, 2.45) is 0 Å². The highest BCUT2D eigenvalue weighted by atomic mass is 32.2. The predicted molar refractivity (Wildman–Crippen MR) is 96.5 cm³/mol. The molecule has 0 fully saturated rings. The third-order valence-corrected chi connectivity index (χ3v) is 5.61. The molecule has 1 aliphatic heterocycles. The largest absolute Gasteiger partial charge is 0.379 e. The molecule has 0 atom stereocenters. The fourth-order valence-electron chi connectivity index (χ4n) is 2.94. The summed E-state index contributed by atoms with van der Waals surface area (Å²) in [5, 5.41) is 0. The molecule has 6 heteroatoms. The van der Waals surface area contributed by atoms with E-state index in [1.54, 1.807) is 29.2 Å². The summed E-state index contributed by atoms with van der Waals surface area (Å²) in [6, 6.07) is 11.8. The zero-order valence-corrected chi connectivity index (χ0v) is 15.3. The Hall–Kier alpha value is -2.34. The number of hydrogen-bond donors (Lipinski definition) is 0. The first-order valence-electron chi connectivity index (χ1n) is 8.23. The Morgan fingerprint density at radius 3 is 2.40 bits per heavy atom. The first kappa shape index (κ1) is 17.5. The average molecular weight is 359 g/mol. The molecule has 25 heavy (non-hydrogen) atoms. The van der Waals surface area contributed by atoms with Crippen molar-refractivity contribution in [2.45, 2.75) is 38.0 Å². The lowest BCUT2D eigenvalue weighted by atomic mass is 10.0. The smallest absolute Gasteiger partial charge is 0.339 e. The molecule has 2 aromatic rings. The van der Waals surface area contributed by atoms with E-state index in [0.29, 0.717) is 18.9 Å². The molecule has 132 valence electrons. The summed E-state index contributed by atoms with van der Waals surface area (Å²) >= 11 is 0. The van der Waals surface area contributed by atoms with E-state index >= 15 is 0 Å². The molecular formula is C19H21NO4S. The predicted octanol–water partition coefficient (Wildman–Crippen LogP) is 3.49. The lowest BCUT2D eigenvalue weighted by Crippen LogP contribution is -2.25. The standard InChI is InChI=1S/C19H21NO4S/c1-13(2)15-4-6-17(7-5-15)24-25(22,23)18-8-9-19-16(12-18)10-11-20(19)14(3)21/h4-9,12-13H,10-11H2,1-3H3. The van der Waals surface area contributed by atoms with Crippen LogP contribution in [0, 0.1) is 0 Å². The van der Waals surface area contributed by atoms with Crippen molar-refractivity contribution in [2.75, 3.05) is 11.4 Å². The van der Waals surface area contributed by atoms with Crippen LogP contribution in [0.2, 0.25) is 0 Å². The van der Waals surface area contributed by atoms with E-state index in [-0.39, 0.29) is 16.6 Å². The molecule has 0 saturated carbocycles. The Morgan fingerprint density at radius 2 is 1.80 bits per heavy atom. The molecule has 2 aromatic carbocycles. The maximum atomic E-state index is 12.5. The van der Waals surface area contributed by atoms with Gasteiger partial charge in [0.2, 0.25) is 5.91 Å². The van der Waals surface area contributed by atoms with E-state index in [1.807, 2.05) is 12.1 Å². The van der Waals surface area contributed by atoms with Crippen molar-refractivity contribution in [3.63, 3.8) is 0 Å².